The van der Waals surface area contributed by atoms with E-state index >= 15 is 0 Å². The Hall–Kier alpha value is -3.39. The van der Waals surface area contributed by atoms with E-state index in [1.54, 1.807) is 6.08 Å². The van der Waals surface area contributed by atoms with Gasteiger partial charge in [-0.15, -0.1) is 0 Å². The number of ether oxygens (including phenoxy) is 1. The Morgan fingerprint density at radius 1 is 0.833 bits per heavy atom. The van der Waals surface area contributed by atoms with Crippen LogP contribution < -0.4 is 4.74 Å². The van der Waals surface area contributed by atoms with Gasteiger partial charge in [0.1, 0.15) is 12.4 Å². The van der Waals surface area contributed by atoms with Crippen LogP contribution in [-0.4, -0.2) is 6.29 Å². The first-order chi connectivity index (χ1) is 17.3. The van der Waals surface area contributed by atoms with Gasteiger partial charge in [0.15, 0.2) is 6.29 Å². The molecule has 0 N–H and O–H groups in total. The average Bonchev–Trinajstić information content (AvgIpc) is 2.87. The van der Waals surface area contributed by atoms with Crippen LogP contribution in [0.2, 0.25) is 0 Å². The van der Waals surface area contributed by atoms with E-state index in [1.807, 2.05) is 79.7 Å². The van der Waals surface area contributed by atoms with Crippen molar-refractivity contribution in [1.29, 1.82) is 0 Å². The predicted octanol–water partition coefficient (Wildman–Crippen LogP) is 8.85. The van der Waals surface area contributed by atoms with E-state index in [1.165, 1.54) is 12.1 Å². The van der Waals surface area contributed by atoms with Gasteiger partial charge in [-0.3, -0.25) is 4.79 Å². The van der Waals surface area contributed by atoms with Gasteiger partial charge in [0.05, 0.1) is 11.1 Å². The van der Waals surface area contributed by atoms with Gasteiger partial charge in [0, 0.05) is 3.57 Å². The minimum Gasteiger partial charge on any atom is -0.488 e. The number of rotatable bonds is 7. The summed E-state index contributed by atoms with van der Waals surface area (Å²) in [4.78, 5) is 11.6. The number of carbonyl (C=O) groups is 1. The maximum Gasteiger partial charge on any atom is 0.417 e. The standard InChI is InChI=1S/C30H22F3IO2/c1-20-22(8-5-9-27(20)23-6-3-2-4-7-23)12-13-24-17-29(25(18-35)16-28(24)30(31,32)33)36-19-21-10-14-26(34)15-11-21/h2-18H,19H2,1H3/b13-12+. The second-order valence-corrected chi connectivity index (χ2v) is 9.47. The molecular formula is C30H22F3IO2. The quantitative estimate of drug-likeness (QED) is 0.121. The molecule has 182 valence electrons. The van der Waals surface area contributed by atoms with Crippen molar-refractivity contribution in [2.45, 2.75) is 19.7 Å². The molecule has 36 heavy (non-hydrogen) atoms. The summed E-state index contributed by atoms with van der Waals surface area (Å²) in [7, 11) is 0. The Balaban J connectivity index is 1.71. The van der Waals surface area contributed by atoms with Crippen molar-refractivity contribution in [3.8, 4) is 16.9 Å². The summed E-state index contributed by atoms with van der Waals surface area (Å²) in [5.41, 5.74) is 3.52. The molecule has 2 nitrogen and oxygen atoms in total. The molecule has 0 aliphatic heterocycles. The third kappa shape index (κ3) is 6.05. The van der Waals surface area contributed by atoms with Crippen LogP contribution in [0.3, 0.4) is 0 Å². The molecule has 4 aromatic carbocycles. The number of hydrogen-bond acceptors (Lipinski definition) is 2. The van der Waals surface area contributed by atoms with Crippen molar-refractivity contribution in [2.75, 3.05) is 0 Å². The van der Waals surface area contributed by atoms with Crippen molar-refractivity contribution in [3.05, 3.63) is 122 Å². The third-order valence-corrected chi connectivity index (χ3v) is 6.54. The van der Waals surface area contributed by atoms with E-state index in [-0.39, 0.29) is 23.5 Å². The highest BCUT2D eigenvalue weighted by atomic mass is 127. The molecule has 0 fully saturated rings. The summed E-state index contributed by atoms with van der Waals surface area (Å²) in [6, 6.07) is 25.2. The highest BCUT2D eigenvalue weighted by Gasteiger charge is 2.34. The van der Waals surface area contributed by atoms with Crippen molar-refractivity contribution >= 4 is 41.0 Å². The Morgan fingerprint density at radius 2 is 1.53 bits per heavy atom. The van der Waals surface area contributed by atoms with Crippen LogP contribution in [0, 0.1) is 10.5 Å². The van der Waals surface area contributed by atoms with Gasteiger partial charge in [-0.25, -0.2) is 0 Å². The molecule has 0 aliphatic rings. The molecule has 0 unspecified atom stereocenters. The molecule has 0 heterocycles. The highest BCUT2D eigenvalue weighted by Crippen LogP contribution is 2.37. The number of alkyl halides is 3. The van der Waals surface area contributed by atoms with Crippen LogP contribution in [0.4, 0.5) is 13.2 Å². The first-order valence-corrected chi connectivity index (χ1v) is 12.2. The van der Waals surface area contributed by atoms with Gasteiger partial charge in [0.25, 0.3) is 0 Å². The minimum atomic E-state index is -4.63. The van der Waals surface area contributed by atoms with Crippen molar-refractivity contribution in [2.24, 2.45) is 0 Å². The Kier molecular flexibility index (Phi) is 7.94. The highest BCUT2D eigenvalue weighted by molar-refractivity contribution is 14.1. The molecule has 0 aliphatic carbocycles. The number of carbonyl (C=O) groups excluding carboxylic acids is 1. The zero-order chi connectivity index (χ0) is 25.7. The van der Waals surface area contributed by atoms with Crippen LogP contribution in [-0.2, 0) is 12.8 Å². The lowest BCUT2D eigenvalue weighted by atomic mass is 9.95. The summed E-state index contributed by atoms with van der Waals surface area (Å²) < 4.78 is 48.5. The average molecular weight is 598 g/mol. The minimum absolute atomic E-state index is 0.0739. The Labute approximate surface area is 221 Å². The van der Waals surface area contributed by atoms with E-state index in [0.29, 0.717) is 6.29 Å². The largest absolute Gasteiger partial charge is 0.488 e. The second kappa shape index (κ2) is 11.1. The van der Waals surface area contributed by atoms with Gasteiger partial charge >= 0.3 is 6.18 Å². The monoisotopic (exact) mass is 598 g/mol. The molecule has 0 radical (unpaired) electrons. The van der Waals surface area contributed by atoms with E-state index < -0.39 is 11.7 Å². The smallest absolute Gasteiger partial charge is 0.417 e. The van der Waals surface area contributed by atoms with Gasteiger partial charge in [-0.05, 0) is 87.2 Å². The number of benzene rings is 4. The predicted molar refractivity (Wildman–Crippen MR) is 146 cm³/mol. The van der Waals surface area contributed by atoms with E-state index in [2.05, 4.69) is 22.6 Å². The molecule has 0 aromatic heterocycles. The molecule has 0 amide bonds. The van der Waals surface area contributed by atoms with Crippen molar-refractivity contribution < 1.29 is 22.7 Å². The molecular weight excluding hydrogens is 576 g/mol. The van der Waals surface area contributed by atoms with Crippen LogP contribution in [0.15, 0.2) is 84.9 Å². The van der Waals surface area contributed by atoms with Gasteiger partial charge in [-0.2, -0.15) is 13.2 Å². The fourth-order valence-corrected chi connectivity index (χ4v) is 4.26. The fraction of sp³-hybridized carbons (Fsp3) is 0.100. The SMILES string of the molecule is Cc1c(/C=C/c2cc(OCc3ccc(I)cc3)c(C=O)cc2C(F)(F)F)cccc1-c1ccccc1. The first-order valence-electron chi connectivity index (χ1n) is 11.2. The summed E-state index contributed by atoms with van der Waals surface area (Å²) in [5, 5.41) is 0. The third-order valence-electron chi connectivity index (χ3n) is 5.82. The molecule has 4 aromatic rings. The van der Waals surface area contributed by atoms with Crippen LogP contribution in [0.5, 0.6) is 5.75 Å². The first kappa shape index (κ1) is 25.7. The Bertz CT molecular complexity index is 1390. The fourth-order valence-electron chi connectivity index (χ4n) is 3.90. The van der Waals surface area contributed by atoms with E-state index in [0.717, 1.165) is 37.5 Å². The normalized spacial score (nSPS) is 11.6. The number of hydrogen-bond donors (Lipinski definition) is 0. The zero-order valence-electron chi connectivity index (χ0n) is 19.4. The van der Waals surface area contributed by atoms with Crippen LogP contribution in [0.1, 0.15) is 38.2 Å². The molecule has 0 atom stereocenters. The summed E-state index contributed by atoms with van der Waals surface area (Å²) >= 11 is 2.18. The molecule has 4 rings (SSSR count). The molecule has 6 heteroatoms. The van der Waals surface area contributed by atoms with Crippen LogP contribution >= 0.6 is 22.6 Å². The van der Waals surface area contributed by atoms with Crippen molar-refractivity contribution in [1.82, 2.24) is 0 Å². The van der Waals surface area contributed by atoms with Gasteiger partial charge in [-0.1, -0.05) is 72.8 Å². The maximum absolute atomic E-state index is 13.9. The van der Waals surface area contributed by atoms with Crippen LogP contribution in [0.25, 0.3) is 23.3 Å². The van der Waals surface area contributed by atoms with Crippen molar-refractivity contribution in [3.63, 3.8) is 0 Å². The van der Waals surface area contributed by atoms with Gasteiger partial charge < -0.3 is 4.74 Å². The lowest BCUT2D eigenvalue weighted by Gasteiger charge is -2.15. The number of aldehydes is 1. The summed E-state index contributed by atoms with van der Waals surface area (Å²) in [5.74, 6) is 0.103. The number of halogens is 4. The lowest BCUT2D eigenvalue weighted by molar-refractivity contribution is -0.137. The molecule has 0 saturated carbocycles. The lowest BCUT2D eigenvalue weighted by Crippen LogP contribution is -2.09. The molecule has 0 spiro atoms. The molecule has 0 saturated heterocycles. The Morgan fingerprint density at radius 3 is 2.19 bits per heavy atom. The summed E-state index contributed by atoms with van der Waals surface area (Å²) in [6.07, 6.45) is -1.16. The zero-order valence-corrected chi connectivity index (χ0v) is 21.5. The van der Waals surface area contributed by atoms with E-state index in [9.17, 15) is 18.0 Å². The topological polar surface area (TPSA) is 26.3 Å². The molecule has 0 bridgehead atoms. The van der Waals surface area contributed by atoms with E-state index in [4.69, 9.17) is 4.74 Å². The van der Waals surface area contributed by atoms with Gasteiger partial charge in [0.2, 0.25) is 0 Å². The maximum atomic E-state index is 13.9. The second-order valence-electron chi connectivity index (χ2n) is 8.23. The summed E-state index contributed by atoms with van der Waals surface area (Å²) in [6.45, 7) is 2.07.